The number of halogens is 1. The first-order chi connectivity index (χ1) is 10.0. The lowest BCUT2D eigenvalue weighted by Crippen LogP contribution is -2.40. The molecule has 0 radical (unpaired) electrons. The van der Waals surface area contributed by atoms with Crippen molar-refractivity contribution in [2.75, 3.05) is 5.32 Å². The van der Waals surface area contributed by atoms with Crippen molar-refractivity contribution in [3.05, 3.63) is 28.8 Å². The monoisotopic (exact) mass is 305 g/mol. The van der Waals surface area contributed by atoms with Crippen LogP contribution in [0.25, 0.3) is 0 Å². The van der Waals surface area contributed by atoms with Crippen molar-refractivity contribution < 1.29 is 9.59 Å². The SMILES string of the molecule is Cc1cc(Cl)ccc1NC(=O)C1C[C@H]2CCC[C@@H](C1)C2=O. The highest BCUT2D eigenvalue weighted by atomic mass is 35.5. The summed E-state index contributed by atoms with van der Waals surface area (Å²) in [6, 6.07) is 5.46. The van der Waals surface area contributed by atoms with Crippen LogP contribution in [0.15, 0.2) is 18.2 Å². The van der Waals surface area contributed by atoms with Gasteiger partial charge in [0.05, 0.1) is 0 Å². The van der Waals surface area contributed by atoms with E-state index in [9.17, 15) is 9.59 Å². The summed E-state index contributed by atoms with van der Waals surface area (Å²) in [4.78, 5) is 24.6. The van der Waals surface area contributed by atoms with E-state index in [1.54, 1.807) is 6.07 Å². The molecule has 2 aliphatic rings. The third-order valence-corrected chi connectivity index (χ3v) is 5.10. The molecule has 2 aliphatic carbocycles. The number of hydrogen-bond donors (Lipinski definition) is 1. The lowest BCUT2D eigenvalue weighted by molar-refractivity contribution is -0.136. The molecule has 0 heterocycles. The third kappa shape index (κ3) is 2.98. The van der Waals surface area contributed by atoms with Crippen LogP contribution in [0.2, 0.25) is 5.02 Å². The first kappa shape index (κ1) is 14.6. The molecule has 3 rings (SSSR count). The van der Waals surface area contributed by atoms with Crippen molar-refractivity contribution in [2.45, 2.75) is 39.0 Å². The summed E-state index contributed by atoms with van der Waals surface area (Å²) in [6.45, 7) is 1.93. The molecule has 4 heteroatoms. The molecule has 0 aromatic heterocycles. The van der Waals surface area contributed by atoms with E-state index in [4.69, 9.17) is 11.6 Å². The molecule has 1 N–H and O–H groups in total. The van der Waals surface area contributed by atoms with E-state index in [-0.39, 0.29) is 23.7 Å². The molecule has 1 aromatic rings. The van der Waals surface area contributed by atoms with Gasteiger partial charge in [-0.1, -0.05) is 18.0 Å². The maximum atomic E-state index is 12.5. The van der Waals surface area contributed by atoms with Gasteiger partial charge in [0.15, 0.2) is 0 Å². The van der Waals surface area contributed by atoms with Gasteiger partial charge in [-0.2, -0.15) is 0 Å². The van der Waals surface area contributed by atoms with Gasteiger partial charge in [-0.15, -0.1) is 0 Å². The first-order valence-electron chi connectivity index (χ1n) is 7.65. The minimum Gasteiger partial charge on any atom is -0.326 e. The number of rotatable bonds is 2. The van der Waals surface area contributed by atoms with Gasteiger partial charge in [-0.25, -0.2) is 0 Å². The molecule has 112 valence electrons. The van der Waals surface area contributed by atoms with E-state index in [1.165, 1.54) is 0 Å². The second-order valence-corrected chi connectivity index (χ2v) is 6.78. The summed E-state index contributed by atoms with van der Waals surface area (Å²) in [6.07, 6.45) is 4.48. The highest BCUT2D eigenvalue weighted by Crippen LogP contribution is 2.40. The normalized spacial score (nSPS) is 28.3. The number of Topliss-reactive ketones (excluding diaryl/α,β-unsaturated/α-hetero) is 1. The molecule has 1 unspecified atom stereocenters. The van der Waals surface area contributed by atoms with Gasteiger partial charge >= 0.3 is 0 Å². The number of hydrogen-bond acceptors (Lipinski definition) is 2. The Morgan fingerprint density at radius 1 is 1.24 bits per heavy atom. The van der Waals surface area contributed by atoms with Crippen molar-refractivity contribution in [3.63, 3.8) is 0 Å². The zero-order valence-corrected chi connectivity index (χ0v) is 13.0. The number of anilines is 1. The van der Waals surface area contributed by atoms with Crippen molar-refractivity contribution in [2.24, 2.45) is 17.8 Å². The van der Waals surface area contributed by atoms with Crippen LogP contribution in [0, 0.1) is 24.7 Å². The molecular formula is C17H20ClNO2. The van der Waals surface area contributed by atoms with Crippen molar-refractivity contribution in [3.8, 4) is 0 Å². The zero-order chi connectivity index (χ0) is 15.0. The molecule has 2 saturated carbocycles. The Hall–Kier alpha value is -1.35. The standard InChI is InChI=1S/C17H20ClNO2/c1-10-7-14(18)5-6-15(10)19-17(21)13-8-11-3-2-4-12(9-13)16(11)20/h5-7,11-13H,2-4,8-9H2,1H3,(H,19,21)/t11-,12+,13?. The Bertz CT molecular complexity index is 568. The predicted octanol–water partition coefficient (Wildman–Crippen LogP) is 3.98. The number of benzene rings is 1. The van der Waals surface area contributed by atoms with E-state index >= 15 is 0 Å². The molecule has 3 atom stereocenters. The quantitative estimate of drug-likeness (QED) is 0.898. The van der Waals surface area contributed by atoms with E-state index in [0.717, 1.165) is 30.5 Å². The second-order valence-electron chi connectivity index (χ2n) is 6.34. The molecule has 1 aromatic carbocycles. The highest BCUT2D eigenvalue weighted by molar-refractivity contribution is 6.30. The summed E-state index contributed by atoms with van der Waals surface area (Å²) in [5.74, 6) is 0.630. The summed E-state index contributed by atoms with van der Waals surface area (Å²) in [7, 11) is 0. The lowest BCUT2D eigenvalue weighted by Gasteiger charge is -2.37. The Morgan fingerprint density at radius 3 is 2.52 bits per heavy atom. The van der Waals surface area contributed by atoms with Gasteiger partial charge in [0.2, 0.25) is 5.91 Å². The van der Waals surface area contributed by atoms with Gasteiger partial charge < -0.3 is 5.32 Å². The van der Waals surface area contributed by atoms with Crippen LogP contribution in [-0.4, -0.2) is 11.7 Å². The number of amides is 1. The van der Waals surface area contributed by atoms with Gasteiger partial charge in [0.1, 0.15) is 5.78 Å². The fourth-order valence-electron chi connectivity index (χ4n) is 3.70. The van der Waals surface area contributed by atoms with Crippen LogP contribution in [0.3, 0.4) is 0 Å². The van der Waals surface area contributed by atoms with Crippen LogP contribution in [0.5, 0.6) is 0 Å². The van der Waals surface area contributed by atoms with Crippen molar-refractivity contribution in [1.82, 2.24) is 0 Å². The average molecular weight is 306 g/mol. The topological polar surface area (TPSA) is 46.2 Å². The highest BCUT2D eigenvalue weighted by Gasteiger charge is 2.41. The third-order valence-electron chi connectivity index (χ3n) is 4.87. The van der Waals surface area contributed by atoms with Gasteiger partial charge in [0, 0.05) is 28.5 Å². The van der Waals surface area contributed by atoms with Gasteiger partial charge in [-0.3, -0.25) is 9.59 Å². The van der Waals surface area contributed by atoms with Crippen molar-refractivity contribution in [1.29, 1.82) is 0 Å². The van der Waals surface area contributed by atoms with E-state index in [0.29, 0.717) is 23.6 Å². The fourth-order valence-corrected chi connectivity index (χ4v) is 3.92. The van der Waals surface area contributed by atoms with E-state index < -0.39 is 0 Å². The number of aryl methyl sites for hydroxylation is 1. The summed E-state index contributed by atoms with van der Waals surface area (Å²) >= 11 is 5.93. The summed E-state index contributed by atoms with van der Waals surface area (Å²) < 4.78 is 0. The molecular weight excluding hydrogens is 286 g/mol. The number of nitrogens with one attached hydrogen (secondary N) is 1. The van der Waals surface area contributed by atoms with E-state index in [1.807, 2.05) is 19.1 Å². The predicted molar refractivity (Wildman–Crippen MR) is 83.4 cm³/mol. The Balaban J connectivity index is 1.70. The number of carbonyl (C=O) groups excluding carboxylic acids is 2. The largest absolute Gasteiger partial charge is 0.326 e. The van der Waals surface area contributed by atoms with Crippen LogP contribution < -0.4 is 5.32 Å². The zero-order valence-electron chi connectivity index (χ0n) is 12.2. The molecule has 21 heavy (non-hydrogen) atoms. The minimum atomic E-state index is -0.0342. The number of carbonyl (C=O) groups is 2. The van der Waals surface area contributed by atoms with Crippen LogP contribution in [0.1, 0.15) is 37.7 Å². The maximum Gasteiger partial charge on any atom is 0.227 e. The smallest absolute Gasteiger partial charge is 0.227 e. The molecule has 3 nitrogen and oxygen atoms in total. The molecule has 1 amide bonds. The fraction of sp³-hybridized carbons (Fsp3) is 0.529. The Kier molecular flexibility index (Phi) is 4.03. The van der Waals surface area contributed by atoms with E-state index in [2.05, 4.69) is 5.32 Å². The lowest BCUT2D eigenvalue weighted by atomic mass is 9.67. The van der Waals surface area contributed by atoms with Crippen LogP contribution in [0.4, 0.5) is 5.69 Å². The molecule has 2 fully saturated rings. The Morgan fingerprint density at radius 2 is 1.90 bits per heavy atom. The molecule has 0 saturated heterocycles. The minimum absolute atomic E-state index is 0.0342. The van der Waals surface area contributed by atoms with Gasteiger partial charge in [-0.05, 0) is 56.4 Å². The first-order valence-corrected chi connectivity index (χ1v) is 8.03. The van der Waals surface area contributed by atoms with Crippen molar-refractivity contribution >= 4 is 29.0 Å². The summed E-state index contributed by atoms with van der Waals surface area (Å²) in [5, 5.41) is 3.67. The molecule has 2 bridgehead atoms. The Labute approximate surface area is 130 Å². The summed E-state index contributed by atoms with van der Waals surface area (Å²) in [5.41, 5.74) is 1.77. The maximum absolute atomic E-state index is 12.5. The van der Waals surface area contributed by atoms with Crippen LogP contribution in [-0.2, 0) is 9.59 Å². The molecule has 0 spiro atoms. The van der Waals surface area contributed by atoms with Crippen LogP contribution >= 0.6 is 11.6 Å². The average Bonchev–Trinajstić information content (AvgIpc) is 2.41. The molecule has 0 aliphatic heterocycles. The number of ketones is 1. The number of fused-ring (bicyclic) bond motifs is 2. The second kappa shape index (κ2) is 5.80. The van der Waals surface area contributed by atoms with Gasteiger partial charge in [0.25, 0.3) is 0 Å².